The monoisotopic (exact) mass is 680 g/mol. The zero-order chi connectivity index (χ0) is 33.7. The number of nitrogens with two attached hydrogens (primary N) is 1. The van der Waals surface area contributed by atoms with Crippen LogP contribution in [0.3, 0.4) is 0 Å². The van der Waals surface area contributed by atoms with Gasteiger partial charge in [0.25, 0.3) is 0 Å². The summed E-state index contributed by atoms with van der Waals surface area (Å²) in [5, 5.41) is 5.43. The number of nitrogens with zero attached hydrogens (tertiary/aromatic N) is 5. The van der Waals surface area contributed by atoms with Crippen LogP contribution < -0.4 is 5.73 Å². The van der Waals surface area contributed by atoms with Crippen molar-refractivity contribution in [3.8, 4) is 11.1 Å². The number of aromatic nitrogens is 5. The van der Waals surface area contributed by atoms with E-state index < -0.39 is 22.9 Å². The zero-order valence-corrected chi connectivity index (χ0v) is 32.2. The molecule has 0 aliphatic carbocycles. The summed E-state index contributed by atoms with van der Waals surface area (Å²) >= 11 is 1.85. The number of thioether (sulfide) groups is 1. The smallest absolute Gasteiger partial charge is 0.192 e. The van der Waals surface area contributed by atoms with Gasteiger partial charge in [0.05, 0.1) is 23.4 Å². The van der Waals surface area contributed by atoms with E-state index in [0.29, 0.717) is 5.82 Å². The lowest BCUT2D eigenvalue weighted by Gasteiger charge is -2.44. The largest absolute Gasteiger partial charge is 0.408 e. The number of anilines is 1. The predicted octanol–water partition coefficient (Wildman–Crippen LogP) is 8.03. The molecule has 1 fully saturated rings. The molecule has 0 spiro atoms. The van der Waals surface area contributed by atoms with Crippen LogP contribution in [0.5, 0.6) is 0 Å². The van der Waals surface area contributed by atoms with Crippen molar-refractivity contribution in [2.75, 3.05) is 11.5 Å². The molecule has 4 aromatic rings. The van der Waals surface area contributed by atoms with Crippen LogP contribution in [0, 0.1) is 0 Å². The second-order valence-corrected chi connectivity index (χ2v) is 26.0. The van der Waals surface area contributed by atoms with Crippen LogP contribution in [0.1, 0.15) is 53.5 Å². The average molecular weight is 681 g/mol. The molecular weight excluding hydrogens is 629 g/mol. The summed E-state index contributed by atoms with van der Waals surface area (Å²) in [6.45, 7) is 22.9. The van der Waals surface area contributed by atoms with Crippen molar-refractivity contribution in [3.05, 3.63) is 60.8 Å². The number of hydrogen-bond donors (Lipinski definition) is 1. The van der Waals surface area contributed by atoms with E-state index in [1.54, 1.807) is 0 Å². The molecule has 4 heterocycles. The summed E-state index contributed by atoms with van der Waals surface area (Å²) in [5.41, 5.74) is 10.5. The second-order valence-electron chi connectivity index (χ2n) is 15.5. The van der Waals surface area contributed by atoms with Crippen LogP contribution in [0.15, 0.2) is 55.1 Å². The van der Waals surface area contributed by atoms with Crippen molar-refractivity contribution in [1.82, 2.24) is 24.3 Å². The molecule has 1 aliphatic heterocycles. The first-order chi connectivity index (χ1) is 21.4. The van der Waals surface area contributed by atoms with Gasteiger partial charge in [-0.05, 0) is 47.9 Å². The molecule has 1 aromatic carbocycles. The molecule has 5 rings (SSSR count). The van der Waals surface area contributed by atoms with E-state index in [-0.39, 0.29) is 28.4 Å². The van der Waals surface area contributed by atoms with Gasteiger partial charge >= 0.3 is 0 Å². The fraction of sp³-hybridized carbons (Fsp3) is 0.559. The van der Waals surface area contributed by atoms with Gasteiger partial charge in [0.2, 0.25) is 0 Å². The number of aryl methyl sites for hydroxylation is 1. The Labute approximate surface area is 280 Å². The van der Waals surface area contributed by atoms with Gasteiger partial charge in [-0.25, -0.2) is 9.97 Å². The summed E-state index contributed by atoms with van der Waals surface area (Å²) in [4.78, 5) is 8.86. The molecule has 0 amide bonds. The Bertz CT molecular complexity index is 1640. The first-order valence-corrected chi connectivity index (χ1v) is 23.1. The lowest BCUT2D eigenvalue weighted by atomic mass is 10.1. The van der Waals surface area contributed by atoms with Crippen LogP contribution in [0.2, 0.25) is 36.3 Å². The van der Waals surface area contributed by atoms with Gasteiger partial charge in [-0.2, -0.15) is 16.9 Å². The molecule has 0 unspecified atom stereocenters. The topological polar surface area (TPSA) is 102 Å². The highest BCUT2D eigenvalue weighted by molar-refractivity contribution is 7.98. The van der Waals surface area contributed by atoms with Gasteiger partial charge in [-0.15, -0.1) is 0 Å². The minimum atomic E-state index is -2.26. The number of fused-ring (bicyclic) bond motifs is 1. The average Bonchev–Trinajstić information content (AvgIpc) is 3.64. The van der Waals surface area contributed by atoms with Crippen molar-refractivity contribution < 1.29 is 13.6 Å². The number of hydrogen-bond acceptors (Lipinski definition) is 8. The third kappa shape index (κ3) is 6.88. The summed E-state index contributed by atoms with van der Waals surface area (Å²) < 4.78 is 25.8. The fourth-order valence-electron chi connectivity index (χ4n) is 5.33. The maximum absolute atomic E-state index is 7.33. The molecule has 0 radical (unpaired) electrons. The first kappa shape index (κ1) is 34.8. The van der Waals surface area contributed by atoms with Crippen LogP contribution >= 0.6 is 11.8 Å². The fourth-order valence-corrected chi connectivity index (χ4v) is 9.09. The van der Waals surface area contributed by atoms with E-state index in [4.69, 9.17) is 19.3 Å². The van der Waals surface area contributed by atoms with E-state index in [1.807, 2.05) is 48.0 Å². The van der Waals surface area contributed by atoms with E-state index in [0.717, 1.165) is 28.1 Å². The van der Waals surface area contributed by atoms with E-state index in [9.17, 15) is 0 Å². The molecule has 1 saturated heterocycles. The van der Waals surface area contributed by atoms with Gasteiger partial charge in [0.1, 0.15) is 30.0 Å². The minimum absolute atomic E-state index is 0.00460. The van der Waals surface area contributed by atoms with E-state index >= 15 is 0 Å². The Morgan fingerprint density at radius 3 is 2.17 bits per heavy atom. The highest BCUT2D eigenvalue weighted by Gasteiger charge is 2.54. The van der Waals surface area contributed by atoms with Crippen LogP contribution in [-0.4, -0.2) is 65.0 Å². The number of benzene rings is 1. The zero-order valence-electron chi connectivity index (χ0n) is 29.4. The lowest BCUT2D eigenvalue weighted by Crippen LogP contribution is -2.53. The Hall–Kier alpha value is -2.49. The van der Waals surface area contributed by atoms with Crippen molar-refractivity contribution in [1.29, 1.82) is 0 Å². The highest BCUT2D eigenvalue weighted by Crippen LogP contribution is 2.47. The predicted molar refractivity (Wildman–Crippen MR) is 195 cm³/mol. The maximum Gasteiger partial charge on any atom is 0.192 e. The minimum Gasteiger partial charge on any atom is -0.408 e. The molecule has 2 N–H and O–H groups in total. The van der Waals surface area contributed by atoms with Crippen molar-refractivity contribution in [3.63, 3.8) is 0 Å². The molecule has 9 nitrogen and oxygen atoms in total. The molecule has 0 saturated carbocycles. The Balaban J connectivity index is 1.52. The molecule has 46 heavy (non-hydrogen) atoms. The van der Waals surface area contributed by atoms with Gasteiger partial charge in [-0.3, -0.25) is 4.68 Å². The molecule has 250 valence electrons. The quantitative estimate of drug-likeness (QED) is 0.168. The third-order valence-electron chi connectivity index (χ3n) is 10.2. The number of ether oxygens (including phenoxy) is 1. The van der Waals surface area contributed by atoms with Crippen molar-refractivity contribution in [2.24, 2.45) is 7.05 Å². The molecule has 3 aromatic heterocycles. The molecule has 4 atom stereocenters. The SMILES string of the molecule is Cn1ncc(-c2ccccc2)c1CSC[C@H]1O[C@@H](n2ccc3c(N)ncnc32)[C@H](O[Si](C)(C)C(C)(C)C)[C@@H]1O[Si](C)(C)C(C)(C)C. The Morgan fingerprint density at radius 2 is 1.54 bits per heavy atom. The Morgan fingerprint density at radius 1 is 0.913 bits per heavy atom. The standard InChI is InChI=1S/C34H52N6O3SSi2/c1-33(2,3)45(8,9)42-28-27(21-44-20-26-25(19-38-39(26)7)23-15-13-12-14-16-23)41-32(29(28)43-46(10,11)34(4,5)6)40-18-17-24-30(35)36-22-37-31(24)40/h12-19,22,27-29,32H,20-21H2,1-11H3,(H2,35,36,37)/t27-,28-,29-,32-/m1/s1. The van der Waals surface area contributed by atoms with E-state index in [1.165, 1.54) is 17.6 Å². The van der Waals surface area contributed by atoms with Gasteiger partial charge in [0, 0.05) is 30.3 Å². The van der Waals surface area contributed by atoms with Gasteiger partial charge in [0.15, 0.2) is 22.9 Å². The van der Waals surface area contributed by atoms with Gasteiger partial charge in [-0.1, -0.05) is 71.9 Å². The molecule has 12 heteroatoms. The van der Waals surface area contributed by atoms with Gasteiger partial charge < -0.3 is 23.9 Å². The molecular formula is C34H52N6O3SSi2. The molecule has 0 bridgehead atoms. The summed E-state index contributed by atoms with van der Waals surface area (Å²) in [6.07, 6.45) is 4.25. The maximum atomic E-state index is 7.33. The number of nitrogen functional groups attached to an aromatic ring is 1. The highest BCUT2D eigenvalue weighted by atomic mass is 32.2. The second kappa shape index (κ2) is 12.8. The normalized spacial score (nSPS) is 21.4. The first-order valence-electron chi connectivity index (χ1n) is 16.1. The van der Waals surface area contributed by atoms with Crippen molar-refractivity contribution in [2.45, 2.75) is 108 Å². The summed E-state index contributed by atoms with van der Waals surface area (Å²) in [7, 11) is -2.47. The molecule has 1 aliphatic rings. The van der Waals surface area contributed by atoms with Crippen LogP contribution in [0.4, 0.5) is 5.82 Å². The number of rotatable bonds is 10. The third-order valence-corrected chi connectivity index (χ3v) is 20.2. The van der Waals surface area contributed by atoms with Crippen molar-refractivity contribution >= 4 is 45.2 Å². The lowest BCUT2D eigenvalue weighted by molar-refractivity contribution is -0.0244. The summed E-state index contributed by atoms with van der Waals surface area (Å²) in [5.74, 6) is 1.99. The van der Waals surface area contributed by atoms with E-state index in [2.05, 4.69) is 112 Å². The summed E-state index contributed by atoms with van der Waals surface area (Å²) in [6, 6.07) is 12.4. The van der Waals surface area contributed by atoms with Crippen LogP contribution in [-0.2, 0) is 26.4 Å². The Kier molecular flexibility index (Phi) is 9.73. The van der Waals surface area contributed by atoms with Crippen LogP contribution in [0.25, 0.3) is 22.2 Å².